The molecule has 5 aromatic carbocycles. The highest BCUT2D eigenvalue weighted by Gasteiger charge is 2.66. The fraction of sp³-hybridized carbons (Fsp3) is 0.111. The molecule has 196 valence electrons. The maximum atomic E-state index is 14.8. The zero-order valence-electron chi connectivity index (χ0n) is 22.1. The van der Waals surface area contributed by atoms with E-state index in [2.05, 4.69) is 12.1 Å². The molecule has 0 bridgehead atoms. The minimum Gasteiger partial charge on any atom is -0.326 e. The second-order valence-corrected chi connectivity index (χ2v) is 10.1. The van der Waals surface area contributed by atoms with E-state index in [-0.39, 0.29) is 24.4 Å². The van der Waals surface area contributed by atoms with E-state index >= 15 is 0 Å². The van der Waals surface area contributed by atoms with E-state index in [9.17, 15) is 9.59 Å². The molecular weight excluding hydrogens is 492 g/mol. The summed E-state index contributed by atoms with van der Waals surface area (Å²) in [5.74, 6) is -0.265. The van der Waals surface area contributed by atoms with Gasteiger partial charge in [0.2, 0.25) is 0 Å². The number of likely N-dealkylation sites (tertiary alicyclic amines) is 1. The van der Waals surface area contributed by atoms with Crippen molar-refractivity contribution in [2.75, 3.05) is 0 Å². The maximum Gasteiger partial charge on any atom is 0.256 e. The van der Waals surface area contributed by atoms with Crippen LogP contribution < -0.4 is 0 Å². The Labute approximate surface area is 235 Å². The van der Waals surface area contributed by atoms with Crippen molar-refractivity contribution in [2.24, 2.45) is 0 Å². The van der Waals surface area contributed by atoms with Gasteiger partial charge in [0.25, 0.3) is 11.8 Å². The van der Waals surface area contributed by atoms with E-state index in [0.717, 1.165) is 22.3 Å². The van der Waals surface area contributed by atoms with Gasteiger partial charge >= 0.3 is 0 Å². The molecule has 2 atom stereocenters. The molecule has 0 N–H and O–H groups in total. The Kier molecular flexibility index (Phi) is 6.98. The van der Waals surface area contributed by atoms with E-state index in [1.165, 1.54) is 0 Å². The van der Waals surface area contributed by atoms with Crippen molar-refractivity contribution in [3.8, 4) is 0 Å². The number of amides is 2. The molecule has 6 rings (SSSR count). The molecule has 5 aromatic rings. The minimum absolute atomic E-state index is 0.0865. The number of nitrogens with zero attached hydrogens (tertiary/aromatic N) is 2. The molecule has 0 radical (unpaired) electrons. The van der Waals surface area contributed by atoms with Gasteiger partial charge in [0.05, 0.1) is 6.04 Å². The van der Waals surface area contributed by atoms with Crippen LogP contribution in [-0.2, 0) is 23.4 Å². The maximum absolute atomic E-state index is 14.8. The van der Waals surface area contributed by atoms with E-state index in [1.807, 2.05) is 144 Å². The Hall–Kier alpha value is -4.96. The molecule has 4 nitrogen and oxygen atoms in total. The van der Waals surface area contributed by atoms with Gasteiger partial charge < -0.3 is 9.80 Å². The SMILES string of the molecule is O=C(c1ccccc1)N(Cc1ccccc1)C1(c2ccccc2)C(=O)N(Cc2ccccc2)C1c1ccccc1. The second-order valence-electron chi connectivity index (χ2n) is 10.1. The van der Waals surface area contributed by atoms with Gasteiger partial charge in [-0.2, -0.15) is 0 Å². The third-order valence-electron chi connectivity index (χ3n) is 7.69. The summed E-state index contributed by atoms with van der Waals surface area (Å²) in [6, 6.07) is 48.7. The molecule has 1 fully saturated rings. The molecule has 0 aliphatic carbocycles. The van der Waals surface area contributed by atoms with Crippen molar-refractivity contribution in [2.45, 2.75) is 24.7 Å². The van der Waals surface area contributed by atoms with E-state index < -0.39 is 5.54 Å². The van der Waals surface area contributed by atoms with Crippen molar-refractivity contribution >= 4 is 11.8 Å². The lowest BCUT2D eigenvalue weighted by Gasteiger charge is -2.60. The predicted octanol–water partition coefficient (Wildman–Crippen LogP) is 7.01. The average Bonchev–Trinajstić information content (AvgIpc) is 3.03. The summed E-state index contributed by atoms with van der Waals surface area (Å²) in [4.78, 5) is 33.0. The summed E-state index contributed by atoms with van der Waals surface area (Å²) in [6.45, 7) is 0.740. The minimum atomic E-state index is -1.24. The molecule has 1 aliphatic heterocycles. The summed E-state index contributed by atoms with van der Waals surface area (Å²) in [6.07, 6.45) is 0. The summed E-state index contributed by atoms with van der Waals surface area (Å²) in [7, 11) is 0. The van der Waals surface area contributed by atoms with Crippen LogP contribution in [0.2, 0.25) is 0 Å². The molecule has 2 amide bonds. The van der Waals surface area contributed by atoms with Crippen LogP contribution >= 0.6 is 0 Å². The topological polar surface area (TPSA) is 40.6 Å². The summed E-state index contributed by atoms with van der Waals surface area (Å²) < 4.78 is 0. The van der Waals surface area contributed by atoms with Gasteiger partial charge in [-0.1, -0.05) is 140 Å². The molecule has 1 saturated heterocycles. The Balaban J connectivity index is 1.57. The van der Waals surface area contributed by atoms with Gasteiger partial charge in [0.15, 0.2) is 5.54 Å². The molecule has 0 saturated carbocycles. The smallest absolute Gasteiger partial charge is 0.256 e. The van der Waals surface area contributed by atoms with Gasteiger partial charge in [0.1, 0.15) is 0 Å². The third kappa shape index (κ3) is 4.48. The zero-order chi connectivity index (χ0) is 27.4. The monoisotopic (exact) mass is 522 g/mol. The number of rotatable bonds is 8. The normalized spacial score (nSPS) is 18.1. The first-order valence-corrected chi connectivity index (χ1v) is 13.6. The van der Waals surface area contributed by atoms with Crippen molar-refractivity contribution in [1.29, 1.82) is 0 Å². The summed E-state index contributed by atoms with van der Waals surface area (Å²) in [5.41, 5.74) is 3.11. The molecule has 4 heteroatoms. The summed E-state index contributed by atoms with van der Waals surface area (Å²) >= 11 is 0. The van der Waals surface area contributed by atoms with E-state index in [4.69, 9.17) is 0 Å². The fourth-order valence-corrected chi connectivity index (χ4v) is 5.86. The van der Waals surface area contributed by atoms with Crippen LogP contribution in [0.5, 0.6) is 0 Å². The van der Waals surface area contributed by atoms with Crippen LogP contribution in [0, 0.1) is 0 Å². The Bertz CT molecular complexity index is 1580. The first-order chi connectivity index (χ1) is 19.7. The molecule has 1 aliphatic rings. The van der Waals surface area contributed by atoms with Crippen LogP contribution in [-0.4, -0.2) is 21.6 Å². The van der Waals surface area contributed by atoms with Gasteiger partial charge in [-0.3, -0.25) is 9.59 Å². The first kappa shape index (κ1) is 25.3. The van der Waals surface area contributed by atoms with Crippen LogP contribution in [0.25, 0.3) is 0 Å². The highest BCUT2D eigenvalue weighted by molar-refractivity contribution is 6.03. The number of carbonyl (C=O) groups is 2. The predicted molar refractivity (Wildman–Crippen MR) is 157 cm³/mol. The van der Waals surface area contributed by atoms with Gasteiger partial charge in [-0.05, 0) is 34.4 Å². The van der Waals surface area contributed by atoms with Crippen LogP contribution in [0.3, 0.4) is 0 Å². The number of carbonyl (C=O) groups excluding carboxylic acids is 2. The van der Waals surface area contributed by atoms with Crippen LogP contribution in [0.1, 0.15) is 38.7 Å². The van der Waals surface area contributed by atoms with Crippen molar-refractivity contribution in [3.63, 3.8) is 0 Å². The molecule has 1 heterocycles. The third-order valence-corrected chi connectivity index (χ3v) is 7.69. The van der Waals surface area contributed by atoms with Gasteiger partial charge in [-0.25, -0.2) is 0 Å². The van der Waals surface area contributed by atoms with E-state index in [0.29, 0.717) is 12.1 Å². The Morgan fingerprint density at radius 3 is 1.68 bits per heavy atom. The lowest BCUT2D eigenvalue weighted by Crippen LogP contribution is -2.73. The van der Waals surface area contributed by atoms with Crippen molar-refractivity contribution in [1.82, 2.24) is 9.80 Å². The van der Waals surface area contributed by atoms with Gasteiger partial charge in [0, 0.05) is 18.7 Å². The van der Waals surface area contributed by atoms with Crippen LogP contribution in [0.4, 0.5) is 0 Å². The zero-order valence-corrected chi connectivity index (χ0v) is 22.1. The molecule has 0 spiro atoms. The molecule has 0 aromatic heterocycles. The van der Waals surface area contributed by atoms with Crippen LogP contribution in [0.15, 0.2) is 152 Å². The number of benzene rings is 5. The average molecular weight is 523 g/mol. The number of hydrogen-bond donors (Lipinski definition) is 0. The number of β-lactam (4-membered cyclic amide) rings is 1. The van der Waals surface area contributed by atoms with Crippen molar-refractivity contribution in [3.05, 3.63) is 179 Å². The molecule has 2 unspecified atom stereocenters. The second kappa shape index (κ2) is 11.0. The highest BCUT2D eigenvalue weighted by Crippen LogP contribution is 2.55. The number of hydrogen-bond acceptors (Lipinski definition) is 2. The highest BCUT2D eigenvalue weighted by atomic mass is 16.2. The van der Waals surface area contributed by atoms with Crippen molar-refractivity contribution < 1.29 is 9.59 Å². The largest absolute Gasteiger partial charge is 0.326 e. The lowest BCUT2D eigenvalue weighted by molar-refractivity contribution is -0.179. The van der Waals surface area contributed by atoms with E-state index in [1.54, 1.807) is 4.90 Å². The lowest BCUT2D eigenvalue weighted by atomic mass is 9.68. The Morgan fingerprint density at radius 2 is 1.10 bits per heavy atom. The first-order valence-electron chi connectivity index (χ1n) is 13.6. The molecular formula is C36H30N2O2. The van der Waals surface area contributed by atoms with Gasteiger partial charge in [-0.15, -0.1) is 0 Å². The Morgan fingerprint density at radius 1 is 0.625 bits per heavy atom. The summed E-state index contributed by atoms with van der Waals surface area (Å²) in [5, 5.41) is 0. The standard InChI is InChI=1S/C36H30N2O2/c39-34(31-22-12-4-13-23-31)38(27-29-18-8-2-9-19-29)36(32-24-14-5-15-25-32)33(30-20-10-3-11-21-30)37(35(36)40)26-28-16-6-1-7-17-28/h1-25,33H,26-27H2. The quantitative estimate of drug-likeness (QED) is 0.206. The fourth-order valence-electron chi connectivity index (χ4n) is 5.86. The molecule has 40 heavy (non-hydrogen) atoms.